The number of imidazole rings is 1. The summed E-state index contributed by atoms with van der Waals surface area (Å²) in [6.07, 6.45) is 4.75. The summed E-state index contributed by atoms with van der Waals surface area (Å²) in [5, 5.41) is 2.86. The Morgan fingerprint density at radius 1 is 1.40 bits per heavy atom. The summed E-state index contributed by atoms with van der Waals surface area (Å²) in [7, 11) is 0. The van der Waals surface area contributed by atoms with Gasteiger partial charge in [-0.1, -0.05) is 25.0 Å². The van der Waals surface area contributed by atoms with Crippen LogP contribution in [0, 0.1) is 0 Å². The Morgan fingerprint density at radius 2 is 2.10 bits per heavy atom. The maximum absolute atomic E-state index is 11.9. The van der Waals surface area contributed by atoms with E-state index >= 15 is 0 Å². The number of nitrogens with one attached hydrogen (secondary N) is 1. The Labute approximate surface area is 118 Å². The van der Waals surface area contributed by atoms with E-state index in [-0.39, 0.29) is 5.91 Å². The number of aromatic nitrogens is 2. The number of amides is 1. The van der Waals surface area contributed by atoms with Crippen molar-refractivity contribution in [2.75, 3.05) is 5.32 Å². The van der Waals surface area contributed by atoms with Crippen molar-refractivity contribution in [3.63, 3.8) is 0 Å². The summed E-state index contributed by atoms with van der Waals surface area (Å²) in [5.74, 6) is 0.431. The van der Waals surface area contributed by atoms with Gasteiger partial charge in [-0.2, -0.15) is 0 Å². The van der Waals surface area contributed by atoms with Gasteiger partial charge in [-0.25, -0.2) is 4.98 Å². The Balaban J connectivity index is 2.05. The van der Waals surface area contributed by atoms with Crippen molar-refractivity contribution in [1.29, 1.82) is 0 Å². The van der Waals surface area contributed by atoms with Gasteiger partial charge in [0.2, 0.25) is 11.9 Å². The maximum Gasteiger partial charge on any atom is 0.243 e. The van der Waals surface area contributed by atoms with Crippen LogP contribution in [0.4, 0.5) is 5.95 Å². The molecule has 106 valence electrons. The van der Waals surface area contributed by atoms with Crippen molar-refractivity contribution >= 4 is 22.9 Å². The molecular weight excluding hydrogens is 252 g/mol. The van der Waals surface area contributed by atoms with Crippen LogP contribution in [-0.2, 0) is 4.79 Å². The van der Waals surface area contributed by atoms with Gasteiger partial charge >= 0.3 is 0 Å². The zero-order chi connectivity index (χ0) is 14.1. The summed E-state index contributed by atoms with van der Waals surface area (Å²) < 4.78 is 2.17. The summed E-state index contributed by atoms with van der Waals surface area (Å²) >= 11 is 0. The molecule has 0 radical (unpaired) electrons. The molecule has 1 aromatic heterocycles. The van der Waals surface area contributed by atoms with Crippen molar-refractivity contribution in [1.82, 2.24) is 9.55 Å². The molecule has 5 heteroatoms. The SMILES string of the molecule is C[C@H](N)C(=O)Nc1nc2ccccc2n1C1CCCC1. The molecule has 1 saturated carbocycles. The van der Waals surface area contributed by atoms with E-state index in [2.05, 4.69) is 20.9 Å². The van der Waals surface area contributed by atoms with E-state index in [9.17, 15) is 4.79 Å². The number of rotatable bonds is 3. The Kier molecular flexibility index (Phi) is 3.44. The largest absolute Gasteiger partial charge is 0.320 e. The van der Waals surface area contributed by atoms with Gasteiger partial charge in [-0.3, -0.25) is 10.1 Å². The zero-order valence-corrected chi connectivity index (χ0v) is 11.7. The molecule has 1 aliphatic rings. The number of anilines is 1. The van der Waals surface area contributed by atoms with Crippen molar-refractivity contribution in [3.05, 3.63) is 24.3 Å². The first-order chi connectivity index (χ1) is 9.66. The van der Waals surface area contributed by atoms with Crippen LogP contribution >= 0.6 is 0 Å². The summed E-state index contributed by atoms with van der Waals surface area (Å²) in [5.41, 5.74) is 7.63. The van der Waals surface area contributed by atoms with E-state index in [0.717, 1.165) is 23.9 Å². The summed E-state index contributed by atoms with van der Waals surface area (Å²) in [4.78, 5) is 16.4. The van der Waals surface area contributed by atoms with E-state index in [1.807, 2.05) is 18.2 Å². The second kappa shape index (κ2) is 5.25. The smallest absolute Gasteiger partial charge is 0.243 e. The average Bonchev–Trinajstić information content (AvgIpc) is 3.04. The number of nitrogens with zero attached hydrogens (tertiary/aromatic N) is 2. The fourth-order valence-corrected chi connectivity index (χ4v) is 2.89. The lowest BCUT2D eigenvalue weighted by Crippen LogP contribution is -2.33. The van der Waals surface area contributed by atoms with Gasteiger partial charge in [-0.05, 0) is 31.9 Å². The molecule has 1 aliphatic carbocycles. The lowest BCUT2D eigenvalue weighted by Gasteiger charge is -2.17. The molecule has 2 aromatic rings. The quantitative estimate of drug-likeness (QED) is 0.901. The van der Waals surface area contributed by atoms with Gasteiger partial charge < -0.3 is 10.3 Å². The predicted molar refractivity (Wildman–Crippen MR) is 79.5 cm³/mol. The molecule has 0 bridgehead atoms. The topological polar surface area (TPSA) is 72.9 Å². The minimum Gasteiger partial charge on any atom is -0.320 e. The number of nitrogens with two attached hydrogens (primary N) is 1. The standard InChI is InChI=1S/C15H20N4O/c1-10(16)14(20)18-15-17-12-8-4-5-9-13(12)19(15)11-6-2-3-7-11/h4-5,8-11H,2-3,6-7,16H2,1H3,(H,17,18,20)/t10-/m0/s1. The van der Waals surface area contributed by atoms with Crippen LogP contribution < -0.4 is 11.1 Å². The molecule has 3 N–H and O–H groups in total. The van der Waals surface area contributed by atoms with E-state index in [4.69, 9.17) is 5.73 Å². The highest BCUT2D eigenvalue weighted by Gasteiger charge is 2.23. The number of hydrogen-bond acceptors (Lipinski definition) is 3. The molecule has 5 nitrogen and oxygen atoms in total. The van der Waals surface area contributed by atoms with Crippen LogP contribution in [-0.4, -0.2) is 21.5 Å². The molecule has 0 aliphatic heterocycles. The minimum absolute atomic E-state index is 0.195. The highest BCUT2D eigenvalue weighted by atomic mass is 16.2. The third-order valence-electron chi connectivity index (χ3n) is 3.93. The Bertz CT molecular complexity index is 626. The Hall–Kier alpha value is -1.88. The molecule has 1 fully saturated rings. The van der Waals surface area contributed by atoms with Gasteiger partial charge in [0.1, 0.15) is 0 Å². The predicted octanol–water partition coefficient (Wildman–Crippen LogP) is 2.44. The van der Waals surface area contributed by atoms with Crippen molar-refractivity contribution in [3.8, 4) is 0 Å². The van der Waals surface area contributed by atoms with Gasteiger partial charge in [0.05, 0.1) is 17.1 Å². The second-order valence-electron chi connectivity index (χ2n) is 5.51. The van der Waals surface area contributed by atoms with Crippen molar-refractivity contribution in [2.24, 2.45) is 5.73 Å². The highest BCUT2D eigenvalue weighted by molar-refractivity contribution is 5.94. The first-order valence-corrected chi connectivity index (χ1v) is 7.20. The van der Waals surface area contributed by atoms with Gasteiger partial charge in [-0.15, -0.1) is 0 Å². The summed E-state index contributed by atoms with van der Waals surface area (Å²) in [6.45, 7) is 1.68. The third kappa shape index (κ3) is 2.29. The number of carbonyl (C=O) groups excluding carboxylic acids is 1. The molecule has 0 unspecified atom stereocenters. The van der Waals surface area contributed by atoms with Crippen LogP contribution in [0.1, 0.15) is 38.6 Å². The monoisotopic (exact) mass is 272 g/mol. The number of para-hydroxylation sites is 2. The first-order valence-electron chi connectivity index (χ1n) is 7.20. The number of carbonyl (C=O) groups is 1. The van der Waals surface area contributed by atoms with Gasteiger partial charge in [0, 0.05) is 6.04 Å². The second-order valence-corrected chi connectivity index (χ2v) is 5.51. The van der Waals surface area contributed by atoms with Gasteiger partial charge in [0.15, 0.2) is 0 Å². The number of fused-ring (bicyclic) bond motifs is 1. The van der Waals surface area contributed by atoms with E-state index in [1.54, 1.807) is 6.92 Å². The zero-order valence-electron chi connectivity index (χ0n) is 11.7. The number of hydrogen-bond donors (Lipinski definition) is 2. The molecule has 1 heterocycles. The van der Waals surface area contributed by atoms with Crippen molar-refractivity contribution < 1.29 is 4.79 Å². The molecule has 3 rings (SSSR count). The normalized spacial score (nSPS) is 17.5. The molecule has 1 aromatic carbocycles. The third-order valence-corrected chi connectivity index (χ3v) is 3.93. The first kappa shape index (κ1) is 13.1. The van der Waals surface area contributed by atoms with E-state index in [1.165, 1.54) is 12.8 Å². The van der Waals surface area contributed by atoms with Crippen LogP contribution in [0.25, 0.3) is 11.0 Å². The van der Waals surface area contributed by atoms with E-state index in [0.29, 0.717) is 12.0 Å². The molecule has 0 saturated heterocycles. The van der Waals surface area contributed by atoms with Crippen LogP contribution in [0.2, 0.25) is 0 Å². The molecular formula is C15H20N4O. The Morgan fingerprint density at radius 3 is 2.80 bits per heavy atom. The molecule has 20 heavy (non-hydrogen) atoms. The number of benzene rings is 1. The highest BCUT2D eigenvalue weighted by Crippen LogP contribution is 2.35. The molecule has 1 atom stereocenters. The fraction of sp³-hybridized carbons (Fsp3) is 0.467. The van der Waals surface area contributed by atoms with Crippen LogP contribution in [0.15, 0.2) is 24.3 Å². The minimum atomic E-state index is -0.535. The van der Waals surface area contributed by atoms with Crippen LogP contribution in [0.3, 0.4) is 0 Å². The van der Waals surface area contributed by atoms with E-state index < -0.39 is 6.04 Å². The van der Waals surface area contributed by atoms with Crippen LogP contribution in [0.5, 0.6) is 0 Å². The fourth-order valence-electron chi connectivity index (χ4n) is 2.89. The lowest BCUT2D eigenvalue weighted by atomic mass is 10.2. The van der Waals surface area contributed by atoms with Crippen molar-refractivity contribution in [2.45, 2.75) is 44.7 Å². The van der Waals surface area contributed by atoms with Gasteiger partial charge in [0.25, 0.3) is 0 Å². The lowest BCUT2D eigenvalue weighted by molar-refractivity contribution is -0.117. The molecule has 0 spiro atoms. The summed E-state index contributed by atoms with van der Waals surface area (Å²) in [6, 6.07) is 7.89. The molecule has 1 amide bonds. The maximum atomic E-state index is 11.9. The average molecular weight is 272 g/mol.